The number of hydrogen-bond acceptors (Lipinski definition) is 2. The molecule has 0 bridgehead atoms. The largest absolute Gasteiger partial charge is 0.494 e. The first kappa shape index (κ1) is 15.4. The molecule has 2 nitrogen and oxygen atoms in total. The number of hydrogen-bond donors (Lipinski definition) is 1. The Labute approximate surface area is 123 Å². The molecule has 0 amide bonds. The van der Waals surface area contributed by atoms with Gasteiger partial charge in [0.1, 0.15) is 5.75 Å². The summed E-state index contributed by atoms with van der Waals surface area (Å²) >= 11 is 0. The summed E-state index contributed by atoms with van der Waals surface area (Å²) in [6.45, 7) is 3.06. The summed E-state index contributed by atoms with van der Waals surface area (Å²) in [5.41, 5.74) is 0.346. The van der Waals surface area contributed by atoms with Gasteiger partial charge < -0.3 is 10.1 Å². The molecule has 1 N–H and O–H groups in total. The molecular weight excluding hydrogens is 272 g/mol. The third-order valence-corrected chi connectivity index (χ3v) is 3.23. The fourth-order valence-corrected chi connectivity index (χ4v) is 2.06. The van der Waals surface area contributed by atoms with Crippen molar-refractivity contribution in [2.24, 2.45) is 0 Å². The molecule has 2 aromatic carbocycles. The molecule has 2 aromatic rings. The second kappa shape index (κ2) is 7.74. The van der Waals surface area contributed by atoms with Gasteiger partial charge in [-0.1, -0.05) is 30.3 Å². The Bertz CT molecular complexity index is 560. The molecule has 0 spiro atoms. The molecule has 112 valence electrons. The van der Waals surface area contributed by atoms with Crippen LogP contribution in [-0.2, 0) is 0 Å². The van der Waals surface area contributed by atoms with Crippen LogP contribution in [0.4, 0.5) is 8.78 Å². The van der Waals surface area contributed by atoms with Gasteiger partial charge in [-0.15, -0.1) is 0 Å². The zero-order valence-corrected chi connectivity index (χ0v) is 12.0. The van der Waals surface area contributed by atoms with E-state index in [9.17, 15) is 8.78 Å². The van der Waals surface area contributed by atoms with Crippen LogP contribution in [0.5, 0.6) is 5.75 Å². The molecule has 0 aliphatic rings. The number of para-hydroxylation sites is 1. The number of rotatable bonds is 7. The minimum atomic E-state index is -0.812. The van der Waals surface area contributed by atoms with Gasteiger partial charge in [0.05, 0.1) is 6.61 Å². The van der Waals surface area contributed by atoms with E-state index in [0.717, 1.165) is 18.2 Å². The SMILES string of the molecule is CC(NCCCOc1ccccc1)c1cccc(F)c1F. The van der Waals surface area contributed by atoms with Crippen molar-refractivity contribution >= 4 is 0 Å². The van der Waals surface area contributed by atoms with Crippen LogP contribution in [0.25, 0.3) is 0 Å². The van der Waals surface area contributed by atoms with E-state index in [0.29, 0.717) is 18.7 Å². The van der Waals surface area contributed by atoms with Crippen LogP contribution in [0.3, 0.4) is 0 Å². The van der Waals surface area contributed by atoms with Crippen molar-refractivity contribution in [1.82, 2.24) is 5.32 Å². The summed E-state index contributed by atoms with van der Waals surface area (Å²) in [4.78, 5) is 0. The lowest BCUT2D eigenvalue weighted by Crippen LogP contribution is -2.22. The van der Waals surface area contributed by atoms with E-state index in [1.807, 2.05) is 37.3 Å². The van der Waals surface area contributed by atoms with Gasteiger partial charge in [0.2, 0.25) is 0 Å². The molecule has 0 heterocycles. The summed E-state index contributed by atoms with van der Waals surface area (Å²) in [5.74, 6) is -0.756. The molecule has 0 saturated carbocycles. The maximum Gasteiger partial charge on any atom is 0.163 e. The van der Waals surface area contributed by atoms with E-state index < -0.39 is 11.6 Å². The summed E-state index contributed by atoms with van der Waals surface area (Å²) in [5, 5.41) is 3.17. The average molecular weight is 291 g/mol. The first-order chi connectivity index (χ1) is 10.2. The summed E-state index contributed by atoms with van der Waals surface area (Å²) in [6, 6.07) is 13.6. The van der Waals surface area contributed by atoms with Crippen LogP contribution < -0.4 is 10.1 Å². The molecule has 2 rings (SSSR count). The zero-order chi connectivity index (χ0) is 15.1. The Morgan fingerprint density at radius 3 is 2.57 bits per heavy atom. The second-order valence-corrected chi connectivity index (χ2v) is 4.83. The van der Waals surface area contributed by atoms with Crippen molar-refractivity contribution in [1.29, 1.82) is 0 Å². The third-order valence-electron chi connectivity index (χ3n) is 3.23. The number of halogens is 2. The molecular formula is C17H19F2NO. The average Bonchev–Trinajstić information content (AvgIpc) is 2.50. The summed E-state index contributed by atoms with van der Waals surface area (Å²) in [7, 11) is 0. The molecule has 0 saturated heterocycles. The minimum Gasteiger partial charge on any atom is -0.494 e. The van der Waals surface area contributed by atoms with Crippen LogP contribution in [0.2, 0.25) is 0 Å². The molecule has 0 aliphatic carbocycles. The van der Waals surface area contributed by atoms with Crippen molar-refractivity contribution in [2.75, 3.05) is 13.2 Å². The molecule has 21 heavy (non-hydrogen) atoms. The lowest BCUT2D eigenvalue weighted by atomic mass is 10.1. The number of benzene rings is 2. The van der Waals surface area contributed by atoms with Gasteiger partial charge in [0.15, 0.2) is 11.6 Å². The van der Waals surface area contributed by atoms with Gasteiger partial charge in [-0.25, -0.2) is 8.78 Å². The van der Waals surface area contributed by atoms with Gasteiger partial charge in [0, 0.05) is 11.6 Å². The normalized spacial score (nSPS) is 12.1. The fraction of sp³-hybridized carbons (Fsp3) is 0.294. The molecule has 0 aliphatic heterocycles. The van der Waals surface area contributed by atoms with Crippen LogP contribution >= 0.6 is 0 Å². The first-order valence-corrected chi connectivity index (χ1v) is 7.03. The summed E-state index contributed by atoms with van der Waals surface area (Å²) in [6.07, 6.45) is 0.788. The Morgan fingerprint density at radius 1 is 1.05 bits per heavy atom. The van der Waals surface area contributed by atoms with Gasteiger partial charge in [0.25, 0.3) is 0 Å². The second-order valence-electron chi connectivity index (χ2n) is 4.83. The third kappa shape index (κ3) is 4.53. The fourth-order valence-electron chi connectivity index (χ4n) is 2.06. The van der Waals surface area contributed by atoms with E-state index in [-0.39, 0.29) is 6.04 Å². The van der Waals surface area contributed by atoms with Crippen molar-refractivity contribution in [3.8, 4) is 5.75 Å². The van der Waals surface area contributed by atoms with Gasteiger partial charge in [-0.2, -0.15) is 0 Å². The highest BCUT2D eigenvalue weighted by Gasteiger charge is 2.13. The highest BCUT2D eigenvalue weighted by atomic mass is 19.2. The van der Waals surface area contributed by atoms with Crippen LogP contribution in [0.15, 0.2) is 48.5 Å². The summed E-state index contributed by atoms with van der Waals surface area (Å²) < 4.78 is 32.3. The maximum atomic E-state index is 13.6. The molecule has 0 aromatic heterocycles. The van der Waals surface area contributed by atoms with Crippen LogP contribution in [0.1, 0.15) is 24.9 Å². The van der Waals surface area contributed by atoms with E-state index in [1.165, 1.54) is 6.07 Å². The van der Waals surface area contributed by atoms with E-state index in [4.69, 9.17) is 4.74 Å². The highest BCUT2D eigenvalue weighted by molar-refractivity contribution is 5.22. The quantitative estimate of drug-likeness (QED) is 0.776. The smallest absolute Gasteiger partial charge is 0.163 e. The molecule has 0 fully saturated rings. The Hall–Kier alpha value is -1.94. The van der Waals surface area contributed by atoms with E-state index in [1.54, 1.807) is 6.07 Å². The number of ether oxygens (including phenoxy) is 1. The lowest BCUT2D eigenvalue weighted by molar-refractivity contribution is 0.305. The molecule has 1 atom stereocenters. The van der Waals surface area contributed by atoms with Crippen molar-refractivity contribution in [2.45, 2.75) is 19.4 Å². The van der Waals surface area contributed by atoms with Crippen molar-refractivity contribution in [3.05, 3.63) is 65.7 Å². The van der Waals surface area contributed by atoms with Crippen LogP contribution in [0, 0.1) is 11.6 Å². The molecule has 1 unspecified atom stereocenters. The van der Waals surface area contributed by atoms with Gasteiger partial charge in [-0.05, 0) is 38.1 Å². The zero-order valence-electron chi connectivity index (χ0n) is 12.0. The maximum absolute atomic E-state index is 13.6. The van der Waals surface area contributed by atoms with E-state index >= 15 is 0 Å². The van der Waals surface area contributed by atoms with Gasteiger partial charge in [-0.3, -0.25) is 0 Å². The topological polar surface area (TPSA) is 21.3 Å². The Morgan fingerprint density at radius 2 is 1.81 bits per heavy atom. The van der Waals surface area contributed by atoms with E-state index in [2.05, 4.69) is 5.32 Å². The minimum absolute atomic E-state index is 0.238. The van der Waals surface area contributed by atoms with Crippen molar-refractivity contribution < 1.29 is 13.5 Å². The highest BCUT2D eigenvalue weighted by Crippen LogP contribution is 2.18. The Balaban J connectivity index is 1.72. The van der Waals surface area contributed by atoms with Crippen molar-refractivity contribution in [3.63, 3.8) is 0 Å². The molecule has 4 heteroatoms. The predicted molar refractivity (Wildman–Crippen MR) is 79.3 cm³/mol. The molecule has 0 radical (unpaired) electrons. The monoisotopic (exact) mass is 291 g/mol. The first-order valence-electron chi connectivity index (χ1n) is 7.03. The standard InChI is InChI=1S/C17H19F2NO/c1-13(15-9-5-10-16(18)17(15)19)20-11-6-12-21-14-7-3-2-4-8-14/h2-5,7-10,13,20H,6,11-12H2,1H3. The van der Waals surface area contributed by atoms with Crippen LogP contribution in [-0.4, -0.2) is 13.2 Å². The number of nitrogens with one attached hydrogen (secondary N) is 1. The lowest BCUT2D eigenvalue weighted by Gasteiger charge is -2.15. The Kier molecular flexibility index (Phi) is 5.69. The van der Waals surface area contributed by atoms with Gasteiger partial charge >= 0.3 is 0 Å². The predicted octanol–water partition coefficient (Wildman–Crippen LogP) is 4.08.